The van der Waals surface area contributed by atoms with E-state index in [9.17, 15) is 13.0 Å². The number of hydrogen-bond donors (Lipinski definition) is 1. The van der Waals surface area contributed by atoms with Gasteiger partial charge in [0.05, 0.1) is 4.53 Å². The zero-order valence-corrected chi connectivity index (χ0v) is 16.6. The minimum Gasteiger partial charge on any atom is -0.282 e. The predicted octanol–water partition coefficient (Wildman–Crippen LogP) is 5.17. The van der Waals surface area contributed by atoms with E-state index >= 15 is 0 Å². The van der Waals surface area contributed by atoms with Gasteiger partial charge in [0.1, 0.15) is 8.07 Å². The molecular formula is C15H32O3SSi. The van der Waals surface area contributed by atoms with Gasteiger partial charge in [-0.25, -0.2) is 0 Å². The van der Waals surface area contributed by atoms with Gasteiger partial charge in [0, 0.05) is 0 Å². The van der Waals surface area contributed by atoms with E-state index < -0.39 is 18.2 Å². The zero-order valence-electron chi connectivity index (χ0n) is 14.7. The Morgan fingerprint density at radius 3 is 1.15 bits per heavy atom. The second-order valence-corrected chi connectivity index (χ2v) is 16.9. The fourth-order valence-electron chi connectivity index (χ4n) is 5.04. The highest BCUT2D eigenvalue weighted by Gasteiger charge is 2.64. The molecule has 0 aromatic carbocycles. The van der Waals surface area contributed by atoms with Crippen LogP contribution in [0.25, 0.3) is 0 Å². The molecule has 5 heteroatoms. The Bertz CT molecular complexity index is 447. The standard InChI is InChI=1S/C15H32O3SSi/c1-11-12(19(16,17)18)20(13(2,3)4,14(5,6)7)15(8,9)10/h11H,1-10H3,(H,16,17,18)/b12-11+. The lowest BCUT2D eigenvalue weighted by molar-refractivity contribution is 0.486. The summed E-state index contributed by atoms with van der Waals surface area (Å²) in [6.45, 7) is 20.6. The van der Waals surface area contributed by atoms with Gasteiger partial charge in [-0.2, -0.15) is 8.42 Å². The Morgan fingerprint density at radius 1 is 0.850 bits per heavy atom. The van der Waals surface area contributed by atoms with E-state index in [0.717, 1.165) is 0 Å². The summed E-state index contributed by atoms with van der Waals surface area (Å²) in [5.41, 5.74) is 0. The van der Waals surface area contributed by atoms with Crippen molar-refractivity contribution in [3.05, 3.63) is 10.6 Å². The summed E-state index contributed by atoms with van der Waals surface area (Å²) in [6, 6.07) is 0. The molecule has 0 saturated carbocycles. The maximum Gasteiger partial charge on any atom is 0.286 e. The molecule has 0 aliphatic carbocycles. The highest BCUT2D eigenvalue weighted by atomic mass is 32.2. The van der Waals surface area contributed by atoms with Crippen LogP contribution in [-0.2, 0) is 10.1 Å². The van der Waals surface area contributed by atoms with Crippen molar-refractivity contribution in [3.8, 4) is 0 Å². The molecule has 0 heterocycles. The second kappa shape index (κ2) is 5.25. The first-order valence-corrected chi connectivity index (χ1v) is 10.5. The molecule has 0 aliphatic rings. The Morgan fingerprint density at radius 2 is 1.10 bits per heavy atom. The summed E-state index contributed by atoms with van der Waals surface area (Å²) in [5.74, 6) is 0. The first-order valence-electron chi connectivity index (χ1n) is 7.09. The highest BCUT2D eigenvalue weighted by molar-refractivity contribution is 7.92. The van der Waals surface area contributed by atoms with Gasteiger partial charge in [0.2, 0.25) is 0 Å². The van der Waals surface area contributed by atoms with Crippen LogP contribution in [0.4, 0.5) is 0 Å². The molecule has 0 fully saturated rings. The molecule has 0 saturated heterocycles. The molecule has 0 amide bonds. The van der Waals surface area contributed by atoms with Gasteiger partial charge in [-0.3, -0.25) is 4.55 Å². The van der Waals surface area contributed by atoms with Crippen LogP contribution in [0.5, 0.6) is 0 Å². The molecule has 0 aliphatic heterocycles. The van der Waals surface area contributed by atoms with Crippen molar-refractivity contribution in [2.45, 2.75) is 84.4 Å². The highest BCUT2D eigenvalue weighted by Crippen LogP contribution is 2.65. The van der Waals surface area contributed by atoms with Gasteiger partial charge >= 0.3 is 0 Å². The van der Waals surface area contributed by atoms with E-state index in [-0.39, 0.29) is 19.6 Å². The maximum atomic E-state index is 12.1. The van der Waals surface area contributed by atoms with Crippen molar-refractivity contribution in [2.24, 2.45) is 0 Å². The lowest BCUT2D eigenvalue weighted by Crippen LogP contribution is -2.61. The van der Waals surface area contributed by atoms with Crippen LogP contribution in [0.15, 0.2) is 10.6 Å². The predicted molar refractivity (Wildman–Crippen MR) is 90.2 cm³/mol. The molecule has 0 unspecified atom stereocenters. The van der Waals surface area contributed by atoms with Crippen LogP contribution < -0.4 is 0 Å². The Hall–Kier alpha value is -0.133. The van der Waals surface area contributed by atoms with Crippen molar-refractivity contribution in [1.29, 1.82) is 0 Å². The van der Waals surface area contributed by atoms with Gasteiger partial charge in [-0.15, -0.1) is 0 Å². The van der Waals surface area contributed by atoms with Crippen LogP contribution >= 0.6 is 0 Å². The summed E-state index contributed by atoms with van der Waals surface area (Å²) in [7, 11) is -6.84. The molecular weight excluding hydrogens is 288 g/mol. The zero-order chi connectivity index (χ0) is 16.8. The van der Waals surface area contributed by atoms with Gasteiger partial charge in [-0.05, 0) is 22.0 Å². The summed E-state index contributed by atoms with van der Waals surface area (Å²) in [5, 5.41) is -0.622. The Kier molecular flexibility index (Phi) is 5.22. The van der Waals surface area contributed by atoms with Crippen LogP contribution in [0.2, 0.25) is 15.1 Å². The third-order valence-corrected chi connectivity index (χ3v) is 14.5. The second-order valence-electron chi connectivity index (χ2n) is 8.63. The molecule has 0 rings (SSSR count). The van der Waals surface area contributed by atoms with E-state index in [1.807, 2.05) is 0 Å². The first-order chi connectivity index (χ1) is 8.44. The smallest absolute Gasteiger partial charge is 0.282 e. The third-order valence-electron chi connectivity index (χ3n) is 4.28. The molecule has 1 N–H and O–H groups in total. The molecule has 0 atom stereocenters. The minimum atomic E-state index is -4.20. The molecule has 0 spiro atoms. The van der Waals surface area contributed by atoms with E-state index in [4.69, 9.17) is 0 Å². The normalized spacial score (nSPS) is 16.4. The fraction of sp³-hybridized carbons (Fsp3) is 0.867. The lowest BCUT2D eigenvalue weighted by Gasteiger charge is -2.59. The lowest BCUT2D eigenvalue weighted by atomic mass is 10.2. The van der Waals surface area contributed by atoms with Crippen LogP contribution in [0, 0.1) is 0 Å². The van der Waals surface area contributed by atoms with Gasteiger partial charge in [0.25, 0.3) is 10.1 Å². The quantitative estimate of drug-likeness (QED) is 0.564. The average Bonchev–Trinajstić information content (AvgIpc) is 2.04. The van der Waals surface area contributed by atoms with Crippen LogP contribution in [0.1, 0.15) is 69.2 Å². The van der Waals surface area contributed by atoms with Gasteiger partial charge in [-0.1, -0.05) is 68.4 Å². The average molecular weight is 321 g/mol. The van der Waals surface area contributed by atoms with Crippen molar-refractivity contribution in [3.63, 3.8) is 0 Å². The molecule has 0 bridgehead atoms. The summed E-state index contributed by atoms with van der Waals surface area (Å²) in [4.78, 5) is 0. The number of rotatable bonds is 2. The Labute approximate surface area is 126 Å². The summed E-state index contributed by atoms with van der Waals surface area (Å²) >= 11 is 0. The van der Waals surface area contributed by atoms with E-state index in [1.54, 1.807) is 13.0 Å². The van der Waals surface area contributed by atoms with Gasteiger partial charge < -0.3 is 0 Å². The van der Waals surface area contributed by atoms with Crippen molar-refractivity contribution >= 4 is 18.2 Å². The number of allylic oxidation sites excluding steroid dienone is 1. The largest absolute Gasteiger partial charge is 0.286 e. The van der Waals surface area contributed by atoms with Crippen molar-refractivity contribution in [1.82, 2.24) is 0 Å². The van der Waals surface area contributed by atoms with E-state index in [0.29, 0.717) is 0 Å². The summed E-state index contributed by atoms with van der Waals surface area (Å²) in [6.07, 6.45) is 1.61. The summed E-state index contributed by atoms with van der Waals surface area (Å²) < 4.78 is 34.2. The van der Waals surface area contributed by atoms with Crippen molar-refractivity contribution in [2.75, 3.05) is 0 Å². The fourth-order valence-corrected chi connectivity index (χ4v) is 19.0. The van der Waals surface area contributed by atoms with Gasteiger partial charge in [0.15, 0.2) is 0 Å². The van der Waals surface area contributed by atoms with E-state index in [2.05, 4.69) is 62.3 Å². The molecule has 3 nitrogen and oxygen atoms in total. The third kappa shape index (κ3) is 3.04. The van der Waals surface area contributed by atoms with Crippen molar-refractivity contribution < 1.29 is 13.0 Å². The molecule has 0 aromatic heterocycles. The molecule has 20 heavy (non-hydrogen) atoms. The molecule has 120 valence electrons. The number of hydrogen-bond acceptors (Lipinski definition) is 2. The maximum absolute atomic E-state index is 12.1. The van der Waals surface area contributed by atoms with Crippen LogP contribution in [0.3, 0.4) is 0 Å². The topological polar surface area (TPSA) is 54.4 Å². The minimum absolute atomic E-state index is 0.207. The van der Waals surface area contributed by atoms with E-state index in [1.165, 1.54) is 0 Å². The molecule has 0 aromatic rings. The Balaban J connectivity index is 6.99. The molecule has 0 radical (unpaired) electrons. The SMILES string of the molecule is C/C=C(/[Si](C(C)(C)C)(C(C)(C)C)C(C)(C)C)S(=O)(=O)O. The van der Waals surface area contributed by atoms with Crippen LogP contribution in [-0.4, -0.2) is 21.0 Å². The first kappa shape index (κ1) is 19.9. The monoisotopic (exact) mass is 320 g/mol.